The molecule has 55 heavy (non-hydrogen) atoms. The van der Waals surface area contributed by atoms with Crippen LogP contribution in [-0.4, -0.2) is 104 Å². The monoisotopic (exact) mass is 740 g/mol. The quantitative estimate of drug-likeness (QED) is 0.167. The van der Waals surface area contributed by atoms with E-state index in [-0.39, 0.29) is 0 Å². The molecular weight excluding hydrogens is 689 g/mol. The molecule has 12 nitrogen and oxygen atoms in total. The van der Waals surface area contributed by atoms with Crippen LogP contribution in [0.5, 0.6) is 11.5 Å². The molecule has 0 saturated carbocycles. The van der Waals surface area contributed by atoms with E-state index in [0.717, 1.165) is 102 Å². The number of nitrogens with one attached hydrogen (secondary N) is 2. The molecule has 4 aliphatic rings. The normalized spacial score (nSPS) is 20.6. The van der Waals surface area contributed by atoms with Crippen molar-refractivity contribution in [2.75, 3.05) is 63.1 Å². The van der Waals surface area contributed by atoms with E-state index in [1.807, 2.05) is 46.0 Å². The summed E-state index contributed by atoms with van der Waals surface area (Å²) < 4.78 is 15.9. The Kier molecular flexibility index (Phi) is 10.2. The third-order valence-corrected chi connectivity index (χ3v) is 11.5. The maximum Gasteiger partial charge on any atom is 0.165 e. The number of aromatic nitrogens is 6. The van der Waals surface area contributed by atoms with Gasteiger partial charge in [-0.1, -0.05) is 25.0 Å². The molecule has 10 rings (SSSR count). The second-order valence-corrected chi connectivity index (χ2v) is 15.5. The first-order valence-electron chi connectivity index (χ1n) is 20.2. The molecule has 4 aliphatic heterocycles. The van der Waals surface area contributed by atoms with Crippen LogP contribution in [0.15, 0.2) is 73.3 Å². The average Bonchev–Trinajstić information content (AvgIpc) is 3.82. The summed E-state index contributed by atoms with van der Waals surface area (Å²) in [6.45, 7) is 11.9. The highest BCUT2D eigenvalue weighted by molar-refractivity contribution is 5.80. The van der Waals surface area contributed by atoms with Gasteiger partial charge in [0.15, 0.2) is 11.3 Å². The van der Waals surface area contributed by atoms with Crippen LogP contribution in [0, 0.1) is 13.8 Å². The first kappa shape index (κ1) is 35.5. The zero-order valence-corrected chi connectivity index (χ0v) is 32.1. The number of hydrogen-bond donors (Lipinski definition) is 2. The second kappa shape index (κ2) is 15.9. The maximum absolute atomic E-state index is 6.14. The summed E-state index contributed by atoms with van der Waals surface area (Å²) in [5.41, 5.74) is 8.36. The van der Waals surface area contributed by atoms with Crippen molar-refractivity contribution in [2.24, 2.45) is 0 Å². The van der Waals surface area contributed by atoms with Gasteiger partial charge < -0.3 is 20.1 Å². The van der Waals surface area contributed by atoms with Crippen molar-refractivity contribution in [3.05, 3.63) is 84.4 Å². The molecule has 2 atom stereocenters. The number of rotatable bonds is 0. The number of benzene rings is 2. The van der Waals surface area contributed by atoms with E-state index < -0.39 is 0 Å². The van der Waals surface area contributed by atoms with Crippen molar-refractivity contribution in [1.82, 2.24) is 39.0 Å². The lowest BCUT2D eigenvalue weighted by Crippen LogP contribution is -2.45. The largest absolute Gasteiger partial charge is 0.494 e. The topological polar surface area (TPSA) is 109 Å². The molecule has 0 amide bonds. The SMILES string of the molecule is Cc1cc2cc(c1)-c1cnn3ccc(nc13)NCC1CCCCN1CCCO2.Cc1cc2cc(c1)-c1cnn3ccc(nc13)NCC1CCCCN1CCO2. The molecule has 0 radical (unpaired) electrons. The summed E-state index contributed by atoms with van der Waals surface area (Å²) in [5, 5.41) is 16.1. The van der Waals surface area contributed by atoms with Crippen molar-refractivity contribution in [3.63, 3.8) is 0 Å². The molecule has 8 bridgehead atoms. The Balaban J connectivity index is 0.000000144. The van der Waals surface area contributed by atoms with Crippen molar-refractivity contribution in [3.8, 4) is 33.8 Å². The molecule has 2 fully saturated rings. The molecule has 2 saturated heterocycles. The van der Waals surface area contributed by atoms with Crippen LogP contribution in [-0.2, 0) is 0 Å². The molecule has 8 heterocycles. The summed E-state index contributed by atoms with van der Waals surface area (Å²) >= 11 is 0. The summed E-state index contributed by atoms with van der Waals surface area (Å²) in [4.78, 5) is 14.9. The lowest BCUT2D eigenvalue weighted by Gasteiger charge is -2.36. The van der Waals surface area contributed by atoms with Gasteiger partial charge in [-0.15, -0.1) is 0 Å². The Labute approximate surface area is 322 Å². The van der Waals surface area contributed by atoms with Gasteiger partial charge in [0.1, 0.15) is 29.7 Å². The van der Waals surface area contributed by atoms with Gasteiger partial charge in [-0.3, -0.25) is 9.80 Å². The average molecular weight is 741 g/mol. The van der Waals surface area contributed by atoms with Crippen LogP contribution in [0.1, 0.15) is 56.1 Å². The van der Waals surface area contributed by atoms with E-state index in [1.165, 1.54) is 56.2 Å². The number of hydrogen-bond acceptors (Lipinski definition) is 10. The van der Waals surface area contributed by atoms with E-state index in [0.29, 0.717) is 18.7 Å². The fraction of sp³-hybridized carbons (Fsp3) is 0.442. The Bertz CT molecular complexity index is 2270. The number of nitrogens with zero attached hydrogens (tertiary/aromatic N) is 8. The van der Waals surface area contributed by atoms with Crippen LogP contribution in [0.2, 0.25) is 0 Å². The molecule has 286 valence electrons. The second-order valence-electron chi connectivity index (χ2n) is 15.5. The molecule has 0 spiro atoms. The van der Waals surface area contributed by atoms with Gasteiger partial charge in [0.05, 0.1) is 19.0 Å². The predicted octanol–water partition coefficient (Wildman–Crippen LogP) is 7.12. The van der Waals surface area contributed by atoms with E-state index in [4.69, 9.17) is 19.4 Å². The zero-order valence-electron chi connectivity index (χ0n) is 32.1. The van der Waals surface area contributed by atoms with Gasteiger partial charge >= 0.3 is 0 Å². The van der Waals surface area contributed by atoms with Crippen molar-refractivity contribution in [2.45, 2.75) is 70.9 Å². The van der Waals surface area contributed by atoms with E-state index in [2.05, 4.69) is 80.9 Å². The number of ether oxygens (including phenoxy) is 2. The number of piperidine rings is 2. The standard InChI is InChI=1S/C22H27N5O.C21H25N5O/c1-16-11-17-13-19(12-16)28-10-4-8-26-7-3-2-5-18(26)14-23-21-6-9-27-22(25-21)20(17)15-24-27;1-15-10-16-12-18(11-15)27-9-8-25-6-3-2-4-17(25)13-22-20-5-7-26-21(24-20)19(16)14-23-26/h6,9,11-13,15,18H,2-5,7-8,10,14H2,1H3,(H,23,25);5,7,10-12,14,17H,2-4,6,8-9,13H2,1H3,(H,22,24). The van der Waals surface area contributed by atoms with Crippen molar-refractivity contribution < 1.29 is 9.47 Å². The number of aryl methyl sites for hydroxylation is 2. The first-order chi connectivity index (χ1) is 27.0. The van der Waals surface area contributed by atoms with Gasteiger partial charge in [-0.05, 0) is 118 Å². The van der Waals surface area contributed by atoms with Gasteiger partial charge in [0.25, 0.3) is 0 Å². The van der Waals surface area contributed by atoms with E-state index in [1.54, 1.807) is 0 Å². The van der Waals surface area contributed by atoms with E-state index >= 15 is 0 Å². The van der Waals surface area contributed by atoms with Gasteiger partial charge in [0, 0.05) is 61.8 Å². The van der Waals surface area contributed by atoms with Crippen molar-refractivity contribution in [1.29, 1.82) is 0 Å². The summed E-state index contributed by atoms with van der Waals surface area (Å²) in [5.74, 6) is 3.67. The summed E-state index contributed by atoms with van der Waals surface area (Å²) in [7, 11) is 0. The van der Waals surface area contributed by atoms with Crippen LogP contribution in [0.25, 0.3) is 33.5 Å². The maximum atomic E-state index is 6.14. The lowest BCUT2D eigenvalue weighted by molar-refractivity contribution is 0.129. The molecule has 0 aliphatic carbocycles. The smallest absolute Gasteiger partial charge is 0.165 e. The highest BCUT2D eigenvalue weighted by Crippen LogP contribution is 2.31. The fourth-order valence-electron chi connectivity index (χ4n) is 8.67. The van der Waals surface area contributed by atoms with Crippen LogP contribution in [0.4, 0.5) is 11.6 Å². The molecule has 2 N–H and O–H groups in total. The third-order valence-electron chi connectivity index (χ3n) is 11.5. The van der Waals surface area contributed by atoms with Crippen LogP contribution in [0.3, 0.4) is 0 Å². The molecule has 12 heteroatoms. The minimum absolute atomic E-state index is 0.528. The molecule has 4 aromatic heterocycles. The Morgan fingerprint density at radius 3 is 1.65 bits per heavy atom. The fourth-order valence-corrected chi connectivity index (χ4v) is 8.67. The van der Waals surface area contributed by atoms with Gasteiger partial charge in [-0.2, -0.15) is 10.2 Å². The Hall–Kier alpha value is -5.20. The molecule has 6 aromatic rings. The van der Waals surface area contributed by atoms with E-state index in [9.17, 15) is 0 Å². The predicted molar refractivity (Wildman–Crippen MR) is 217 cm³/mol. The minimum Gasteiger partial charge on any atom is -0.494 e. The lowest BCUT2D eigenvalue weighted by atomic mass is 10.0. The van der Waals surface area contributed by atoms with Crippen LogP contribution >= 0.6 is 0 Å². The first-order valence-corrected chi connectivity index (χ1v) is 20.2. The molecular formula is C43H52N10O2. The minimum atomic E-state index is 0.528. The third kappa shape index (κ3) is 7.97. The summed E-state index contributed by atoms with van der Waals surface area (Å²) in [6.07, 6.45) is 16.4. The molecule has 2 unspecified atom stereocenters. The van der Waals surface area contributed by atoms with Gasteiger partial charge in [0.2, 0.25) is 0 Å². The van der Waals surface area contributed by atoms with Gasteiger partial charge in [-0.25, -0.2) is 19.0 Å². The highest BCUT2D eigenvalue weighted by atomic mass is 16.5. The number of anilines is 2. The van der Waals surface area contributed by atoms with Crippen molar-refractivity contribution >= 4 is 22.9 Å². The Morgan fingerprint density at radius 1 is 0.582 bits per heavy atom. The van der Waals surface area contributed by atoms with Crippen LogP contribution < -0.4 is 20.1 Å². The highest BCUT2D eigenvalue weighted by Gasteiger charge is 2.24. The Morgan fingerprint density at radius 2 is 1.09 bits per heavy atom. The molecule has 2 aromatic carbocycles. The number of fused-ring (bicyclic) bond motifs is 10. The summed E-state index contributed by atoms with van der Waals surface area (Å²) in [6, 6.07) is 17.9. The zero-order chi connectivity index (χ0) is 37.1.